The fourth-order valence-corrected chi connectivity index (χ4v) is 3.20. The van der Waals surface area contributed by atoms with Gasteiger partial charge in [0.15, 0.2) is 23.3 Å². The van der Waals surface area contributed by atoms with E-state index in [1.807, 2.05) is 0 Å². The van der Waals surface area contributed by atoms with E-state index in [1.165, 1.54) is 6.08 Å². The summed E-state index contributed by atoms with van der Waals surface area (Å²) >= 11 is 11.2. The molecule has 1 saturated carbocycles. The molecule has 26 heavy (non-hydrogen) atoms. The topological polar surface area (TPSA) is 35.5 Å². The van der Waals surface area contributed by atoms with E-state index in [0.717, 1.165) is 7.11 Å². The molecule has 0 heterocycles. The summed E-state index contributed by atoms with van der Waals surface area (Å²) in [4.78, 5) is 12.2. The SMILES string of the molecule is COCc1c(F)c(F)c(COC(=O)[C@@H]2C(C=C(Cl)Cl)C2(C)C)c(F)c1F. The van der Waals surface area contributed by atoms with Crippen molar-refractivity contribution in [2.45, 2.75) is 27.1 Å². The van der Waals surface area contributed by atoms with Gasteiger partial charge in [-0.3, -0.25) is 4.79 Å². The molecule has 1 aliphatic carbocycles. The number of esters is 1. The quantitative estimate of drug-likeness (QED) is 0.372. The van der Waals surface area contributed by atoms with Gasteiger partial charge in [0.1, 0.15) is 11.1 Å². The number of carbonyl (C=O) groups is 1. The van der Waals surface area contributed by atoms with Crippen LogP contribution in [0.5, 0.6) is 0 Å². The molecule has 0 N–H and O–H groups in total. The van der Waals surface area contributed by atoms with Crippen molar-refractivity contribution in [2.75, 3.05) is 7.11 Å². The number of benzene rings is 1. The first kappa shape index (κ1) is 21.0. The van der Waals surface area contributed by atoms with Crippen molar-refractivity contribution in [3.8, 4) is 0 Å². The number of ether oxygens (including phenoxy) is 2. The van der Waals surface area contributed by atoms with Gasteiger partial charge < -0.3 is 9.47 Å². The summed E-state index contributed by atoms with van der Waals surface area (Å²) < 4.78 is 65.2. The zero-order valence-electron chi connectivity index (χ0n) is 14.1. The average Bonchev–Trinajstić information content (AvgIpc) is 3.09. The minimum Gasteiger partial charge on any atom is -0.460 e. The number of carbonyl (C=O) groups excluding carboxylic acids is 1. The molecule has 0 amide bonds. The number of halogens is 6. The van der Waals surface area contributed by atoms with Crippen molar-refractivity contribution in [1.29, 1.82) is 0 Å². The molecule has 144 valence electrons. The Labute approximate surface area is 157 Å². The van der Waals surface area contributed by atoms with E-state index in [-0.39, 0.29) is 10.4 Å². The molecule has 0 bridgehead atoms. The lowest BCUT2D eigenvalue weighted by Crippen LogP contribution is -2.15. The lowest BCUT2D eigenvalue weighted by molar-refractivity contribution is -0.147. The highest BCUT2D eigenvalue weighted by molar-refractivity contribution is 6.55. The van der Waals surface area contributed by atoms with Crippen LogP contribution in [-0.2, 0) is 27.5 Å². The van der Waals surface area contributed by atoms with Crippen molar-refractivity contribution in [3.05, 3.63) is 45.0 Å². The molecule has 0 saturated heterocycles. The van der Waals surface area contributed by atoms with Crippen LogP contribution >= 0.6 is 23.2 Å². The van der Waals surface area contributed by atoms with E-state index in [0.29, 0.717) is 0 Å². The van der Waals surface area contributed by atoms with Gasteiger partial charge in [-0.05, 0) is 17.4 Å². The van der Waals surface area contributed by atoms with E-state index in [2.05, 4.69) is 4.74 Å². The normalized spacial score (nSPS) is 20.7. The Morgan fingerprint density at radius 3 is 1.92 bits per heavy atom. The highest BCUT2D eigenvalue weighted by atomic mass is 35.5. The van der Waals surface area contributed by atoms with Crippen LogP contribution in [-0.4, -0.2) is 13.1 Å². The summed E-state index contributed by atoms with van der Waals surface area (Å²) in [6.07, 6.45) is 1.47. The van der Waals surface area contributed by atoms with Crippen LogP contribution < -0.4 is 0 Å². The Bertz CT molecular complexity index is 732. The highest BCUT2D eigenvalue weighted by Crippen LogP contribution is 2.60. The second-order valence-corrected chi connectivity index (χ2v) is 7.54. The standard InChI is InChI=1S/C17H16Cl2F4O3/c1-17(2)9(4-10(18)19)11(17)16(24)26-6-8-14(22)12(20)7(5-25-3)13(21)15(8)23/h4,9,11H,5-6H2,1-3H3/t9?,11-/m0/s1. The monoisotopic (exact) mass is 414 g/mol. The van der Waals surface area contributed by atoms with Gasteiger partial charge in [-0.1, -0.05) is 37.0 Å². The van der Waals surface area contributed by atoms with Crippen LogP contribution in [0.3, 0.4) is 0 Å². The first-order valence-electron chi connectivity index (χ1n) is 7.56. The fourth-order valence-electron chi connectivity index (χ4n) is 2.93. The van der Waals surface area contributed by atoms with Crippen LogP contribution in [0.4, 0.5) is 17.6 Å². The highest BCUT2D eigenvalue weighted by Gasteiger charge is 2.61. The molecular weight excluding hydrogens is 399 g/mol. The van der Waals surface area contributed by atoms with Gasteiger partial charge in [0, 0.05) is 7.11 Å². The first-order valence-corrected chi connectivity index (χ1v) is 8.31. The van der Waals surface area contributed by atoms with Crippen molar-refractivity contribution in [3.63, 3.8) is 0 Å². The largest absolute Gasteiger partial charge is 0.460 e. The number of hydrogen-bond donors (Lipinski definition) is 0. The lowest BCUT2D eigenvalue weighted by Gasteiger charge is -2.12. The number of allylic oxidation sites excluding steroid dienone is 1. The molecule has 0 spiro atoms. The van der Waals surface area contributed by atoms with Crippen LogP contribution in [0, 0.1) is 40.5 Å². The molecule has 2 rings (SSSR count). The second kappa shape index (κ2) is 7.74. The molecule has 9 heteroatoms. The predicted molar refractivity (Wildman–Crippen MR) is 87.3 cm³/mol. The summed E-state index contributed by atoms with van der Waals surface area (Å²) in [6, 6.07) is 0. The van der Waals surface area contributed by atoms with Gasteiger partial charge in [-0.15, -0.1) is 0 Å². The van der Waals surface area contributed by atoms with Gasteiger partial charge >= 0.3 is 5.97 Å². The zero-order valence-corrected chi connectivity index (χ0v) is 15.7. The summed E-state index contributed by atoms with van der Waals surface area (Å²) in [5, 5.41) is 0. The van der Waals surface area contributed by atoms with E-state index in [9.17, 15) is 22.4 Å². The molecule has 1 aliphatic rings. The predicted octanol–water partition coefficient (Wildman–Crippen LogP) is 5.02. The number of rotatable bonds is 6. The minimum atomic E-state index is -1.63. The van der Waals surface area contributed by atoms with Crippen LogP contribution in [0.25, 0.3) is 0 Å². The summed E-state index contributed by atoms with van der Waals surface area (Å²) in [5.41, 5.74) is -2.39. The summed E-state index contributed by atoms with van der Waals surface area (Å²) in [5.74, 6) is -8.14. The van der Waals surface area contributed by atoms with Gasteiger partial charge in [0.25, 0.3) is 0 Å². The lowest BCUT2D eigenvalue weighted by atomic mass is 10.1. The fraction of sp³-hybridized carbons (Fsp3) is 0.471. The van der Waals surface area contributed by atoms with Crippen molar-refractivity contribution in [1.82, 2.24) is 0 Å². The molecule has 0 aromatic heterocycles. The molecule has 0 aliphatic heterocycles. The molecule has 1 aromatic carbocycles. The summed E-state index contributed by atoms with van der Waals surface area (Å²) in [6.45, 7) is 1.93. The summed E-state index contributed by atoms with van der Waals surface area (Å²) in [7, 11) is 1.12. The van der Waals surface area contributed by atoms with Crippen molar-refractivity contribution < 1.29 is 31.8 Å². The van der Waals surface area contributed by atoms with Crippen LogP contribution in [0.2, 0.25) is 0 Å². The number of methoxy groups -OCH3 is 1. The van der Waals surface area contributed by atoms with E-state index < -0.39 is 64.9 Å². The van der Waals surface area contributed by atoms with Gasteiger partial charge in [-0.2, -0.15) is 0 Å². The Kier molecular flexibility index (Phi) is 6.25. The molecule has 2 atom stereocenters. The van der Waals surface area contributed by atoms with Crippen LogP contribution in [0.1, 0.15) is 25.0 Å². The molecule has 1 fully saturated rings. The van der Waals surface area contributed by atoms with E-state index in [1.54, 1.807) is 13.8 Å². The third kappa shape index (κ3) is 3.85. The maximum absolute atomic E-state index is 14.0. The molecule has 0 radical (unpaired) electrons. The second-order valence-electron chi connectivity index (χ2n) is 6.53. The first-order chi connectivity index (χ1) is 12.0. The molecular formula is C17H16Cl2F4O3. The van der Waals surface area contributed by atoms with Crippen molar-refractivity contribution in [2.24, 2.45) is 17.3 Å². The zero-order chi connectivity index (χ0) is 19.8. The smallest absolute Gasteiger partial charge is 0.310 e. The van der Waals surface area contributed by atoms with Crippen molar-refractivity contribution >= 4 is 29.2 Å². The molecule has 1 unspecified atom stereocenters. The van der Waals surface area contributed by atoms with Gasteiger partial charge in [-0.25, -0.2) is 17.6 Å². The Morgan fingerprint density at radius 1 is 1.04 bits per heavy atom. The third-order valence-corrected chi connectivity index (χ3v) is 4.81. The third-order valence-electron chi connectivity index (χ3n) is 4.56. The van der Waals surface area contributed by atoms with Crippen LogP contribution in [0.15, 0.2) is 10.6 Å². The molecule has 1 aromatic rings. The Morgan fingerprint density at radius 2 is 1.50 bits per heavy atom. The van der Waals surface area contributed by atoms with E-state index >= 15 is 0 Å². The average molecular weight is 415 g/mol. The maximum Gasteiger partial charge on any atom is 0.310 e. The minimum absolute atomic E-state index is 0.0201. The van der Waals surface area contributed by atoms with Gasteiger partial charge in [0.05, 0.1) is 23.7 Å². The molecule has 3 nitrogen and oxygen atoms in total. The Hall–Kier alpha value is -1.31. The number of hydrogen-bond acceptors (Lipinski definition) is 3. The Balaban J connectivity index is 2.18. The van der Waals surface area contributed by atoms with Gasteiger partial charge in [0.2, 0.25) is 0 Å². The maximum atomic E-state index is 14.0. The van der Waals surface area contributed by atoms with E-state index in [4.69, 9.17) is 27.9 Å².